The van der Waals surface area contributed by atoms with Crippen LogP contribution in [0.1, 0.15) is 48.1 Å². The number of H-pyrrole nitrogens is 1. The monoisotopic (exact) mass is 385 g/mol. The highest BCUT2D eigenvalue weighted by atomic mass is 32.1. The van der Waals surface area contributed by atoms with E-state index >= 15 is 0 Å². The third-order valence-corrected chi connectivity index (χ3v) is 6.54. The minimum Gasteiger partial charge on any atom is -0.309 e. The number of halogens is 1. The number of aromatic nitrogens is 2. The van der Waals surface area contributed by atoms with Gasteiger partial charge in [0, 0.05) is 4.88 Å². The Morgan fingerprint density at radius 2 is 2.22 bits per heavy atom. The Balaban J connectivity index is 1.51. The third kappa shape index (κ3) is 3.69. The summed E-state index contributed by atoms with van der Waals surface area (Å²) in [5.74, 6) is 1.13. The van der Waals surface area contributed by atoms with Gasteiger partial charge in [0.15, 0.2) is 0 Å². The molecule has 2 atom stereocenters. The molecule has 0 unspecified atom stereocenters. The Morgan fingerprint density at radius 3 is 3.04 bits per heavy atom. The largest absolute Gasteiger partial charge is 0.309 e. The molecule has 2 N–H and O–H groups in total. The van der Waals surface area contributed by atoms with Crippen molar-refractivity contribution < 1.29 is 4.39 Å². The van der Waals surface area contributed by atoms with Crippen LogP contribution in [-0.2, 0) is 19.3 Å². The van der Waals surface area contributed by atoms with Crippen molar-refractivity contribution in [2.75, 3.05) is 6.54 Å². The van der Waals surface area contributed by atoms with Crippen molar-refractivity contribution in [3.63, 3.8) is 0 Å². The first kappa shape index (κ1) is 18.3. The third-order valence-electron chi connectivity index (χ3n) is 5.40. The Labute approximate surface area is 161 Å². The topological polar surface area (TPSA) is 57.8 Å². The molecule has 0 aliphatic heterocycles. The molecule has 0 fully saturated rings. The normalized spacial score (nSPS) is 17.8. The highest BCUT2D eigenvalue weighted by Gasteiger charge is 2.23. The van der Waals surface area contributed by atoms with Crippen molar-refractivity contribution in [3.05, 3.63) is 62.3 Å². The van der Waals surface area contributed by atoms with Crippen molar-refractivity contribution in [2.24, 2.45) is 5.92 Å². The number of thiophene rings is 1. The molecule has 0 amide bonds. The lowest BCUT2D eigenvalue weighted by atomic mass is 9.89. The fourth-order valence-corrected chi connectivity index (χ4v) is 5.18. The van der Waals surface area contributed by atoms with Gasteiger partial charge in [0.25, 0.3) is 5.56 Å². The van der Waals surface area contributed by atoms with E-state index in [9.17, 15) is 9.18 Å². The number of nitrogens with zero attached hydrogens (tertiary/aromatic N) is 1. The quantitative estimate of drug-likeness (QED) is 0.694. The molecule has 1 aliphatic carbocycles. The average Bonchev–Trinajstić information content (AvgIpc) is 3.01. The van der Waals surface area contributed by atoms with E-state index in [1.165, 1.54) is 16.5 Å². The first-order chi connectivity index (χ1) is 13.0. The molecule has 0 bridgehead atoms. The van der Waals surface area contributed by atoms with Gasteiger partial charge in [-0.25, -0.2) is 9.37 Å². The summed E-state index contributed by atoms with van der Waals surface area (Å²) in [6.45, 7) is 4.85. The number of rotatable bonds is 5. The number of benzene rings is 1. The van der Waals surface area contributed by atoms with Gasteiger partial charge in [-0.3, -0.25) is 4.79 Å². The number of aromatic amines is 1. The highest BCUT2D eigenvalue weighted by Crippen LogP contribution is 2.35. The Morgan fingerprint density at radius 1 is 1.41 bits per heavy atom. The summed E-state index contributed by atoms with van der Waals surface area (Å²) >= 11 is 1.66. The maximum atomic E-state index is 13.7. The van der Waals surface area contributed by atoms with E-state index in [0.717, 1.165) is 29.5 Å². The molecule has 2 heterocycles. The first-order valence-corrected chi connectivity index (χ1v) is 10.4. The Hall–Kier alpha value is -2.05. The van der Waals surface area contributed by atoms with E-state index in [-0.39, 0.29) is 17.4 Å². The van der Waals surface area contributed by atoms with Crippen molar-refractivity contribution in [3.8, 4) is 0 Å². The van der Waals surface area contributed by atoms with Crippen molar-refractivity contribution in [2.45, 2.75) is 45.6 Å². The van der Waals surface area contributed by atoms with Crippen LogP contribution < -0.4 is 10.9 Å². The minimum absolute atomic E-state index is 0.0372. The molecule has 0 saturated heterocycles. The zero-order valence-corrected chi connectivity index (χ0v) is 16.5. The van der Waals surface area contributed by atoms with Crippen molar-refractivity contribution >= 4 is 21.6 Å². The summed E-state index contributed by atoms with van der Waals surface area (Å²) < 4.78 is 13.7. The lowest BCUT2D eigenvalue weighted by Gasteiger charge is -2.17. The van der Waals surface area contributed by atoms with E-state index in [0.29, 0.717) is 30.3 Å². The smallest absolute Gasteiger partial charge is 0.259 e. The van der Waals surface area contributed by atoms with Gasteiger partial charge in [-0.15, -0.1) is 11.3 Å². The first-order valence-electron chi connectivity index (χ1n) is 9.54. The molecule has 142 valence electrons. The molecule has 1 aliphatic rings. The molecule has 4 nitrogen and oxygen atoms in total. The summed E-state index contributed by atoms with van der Waals surface area (Å²) in [6.07, 6.45) is 3.74. The van der Waals surface area contributed by atoms with Gasteiger partial charge in [0.2, 0.25) is 0 Å². The van der Waals surface area contributed by atoms with E-state index in [4.69, 9.17) is 4.98 Å². The molecule has 4 rings (SSSR count). The van der Waals surface area contributed by atoms with Crippen LogP contribution in [0.5, 0.6) is 0 Å². The van der Waals surface area contributed by atoms with Crippen LogP contribution in [0.4, 0.5) is 4.39 Å². The number of fused-ring (bicyclic) bond motifs is 3. The van der Waals surface area contributed by atoms with E-state index in [1.807, 2.05) is 13.0 Å². The predicted octanol–water partition coefficient (Wildman–Crippen LogP) is 4.14. The molecule has 2 aromatic heterocycles. The van der Waals surface area contributed by atoms with Gasteiger partial charge in [-0.1, -0.05) is 25.1 Å². The second-order valence-corrected chi connectivity index (χ2v) is 8.58. The number of aryl methyl sites for hydroxylation is 1. The van der Waals surface area contributed by atoms with Gasteiger partial charge >= 0.3 is 0 Å². The fourth-order valence-electron chi connectivity index (χ4n) is 3.79. The second kappa shape index (κ2) is 7.52. The van der Waals surface area contributed by atoms with Gasteiger partial charge in [-0.2, -0.15) is 0 Å². The zero-order chi connectivity index (χ0) is 19.0. The Kier molecular flexibility index (Phi) is 5.10. The van der Waals surface area contributed by atoms with Crippen LogP contribution >= 0.6 is 11.3 Å². The molecule has 0 radical (unpaired) electrons. The van der Waals surface area contributed by atoms with Crippen LogP contribution in [0.3, 0.4) is 0 Å². The van der Waals surface area contributed by atoms with Crippen LogP contribution in [0.15, 0.2) is 29.1 Å². The van der Waals surface area contributed by atoms with Crippen molar-refractivity contribution in [1.82, 2.24) is 15.3 Å². The summed E-state index contributed by atoms with van der Waals surface area (Å²) in [5.41, 5.74) is 1.85. The molecule has 0 spiro atoms. The average molecular weight is 386 g/mol. The molecule has 27 heavy (non-hydrogen) atoms. The molecule has 1 aromatic carbocycles. The standard InChI is InChI=1S/C21H24FN3OS/c1-12-7-8-15-17(11-12)27-21-18(15)20(26)24-19(25-21)13(2)23-10-9-14-5-3-4-6-16(14)22/h3-6,12-13,23H,7-11H2,1-2H3,(H,24,25,26)/t12-,13-/m0/s1. The van der Waals surface area contributed by atoms with E-state index in [1.54, 1.807) is 23.5 Å². The Bertz CT molecular complexity index is 1030. The highest BCUT2D eigenvalue weighted by molar-refractivity contribution is 7.18. The SMILES string of the molecule is C[C@H]1CCc2c(sc3nc([C@H](C)NCCc4ccccc4F)[nH]c(=O)c23)C1. The second-order valence-electron chi connectivity index (χ2n) is 7.50. The number of hydrogen-bond acceptors (Lipinski definition) is 4. The van der Waals surface area contributed by atoms with Crippen LogP contribution in [-0.4, -0.2) is 16.5 Å². The van der Waals surface area contributed by atoms with Gasteiger partial charge in [0.1, 0.15) is 16.5 Å². The van der Waals surface area contributed by atoms with Gasteiger partial charge < -0.3 is 10.3 Å². The lowest BCUT2D eigenvalue weighted by molar-refractivity contribution is 0.509. The fraction of sp³-hybridized carbons (Fsp3) is 0.429. The molecular formula is C21H24FN3OS. The number of hydrogen-bond donors (Lipinski definition) is 2. The van der Waals surface area contributed by atoms with E-state index < -0.39 is 0 Å². The van der Waals surface area contributed by atoms with Crippen LogP contribution in [0.25, 0.3) is 10.2 Å². The summed E-state index contributed by atoms with van der Waals surface area (Å²) in [4.78, 5) is 22.6. The lowest BCUT2D eigenvalue weighted by Crippen LogP contribution is -2.25. The molecule has 6 heteroatoms. The summed E-state index contributed by atoms with van der Waals surface area (Å²) in [5, 5.41) is 4.12. The minimum atomic E-state index is -0.182. The summed E-state index contributed by atoms with van der Waals surface area (Å²) in [7, 11) is 0. The maximum Gasteiger partial charge on any atom is 0.259 e. The van der Waals surface area contributed by atoms with Crippen LogP contribution in [0, 0.1) is 11.7 Å². The van der Waals surface area contributed by atoms with E-state index in [2.05, 4.69) is 17.2 Å². The predicted molar refractivity (Wildman–Crippen MR) is 108 cm³/mol. The molecule has 3 aromatic rings. The van der Waals surface area contributed by atoms with Crippen LogP contribution in [0.2, 0.25) is 0 Å². The zero-order valence-electron chi connectivity index (χ0n) is 15.6. The maximum absolute atomic E-state index is 13.7. The summed E-state index contributed by atoms with van der Waals surface area (Å²) in [6, 6.07) is 6.71. The van der Waals surface area contributed by atoms with Gasteiger partial charge in [0.05, 0.1) is 11.4 Å². The number of nitrogens with one attached hydrogen (secondary N) is 2. The molecule has 0 saturated carbocycles. The van der Waals surface area contributed by atoms with Gasteiger partial charge in [-0.05, 0) is 62.3 Å². The molecular weight excluding hydrogens is 361 g/mol. The van der Waals surface area contributed by atoms with Crippen molar-refractivity contribution in [1.29, 1.82) is 0 Å².